The van der Waals surface area contributed by atoms with E-state index in [9.17, 15) is 4.79 Å². The van der Waals surface area contributed by atoms with Crippen molar-refractivity contribution < 1.29 is 14.3 Å². The molecule has 1 fully saturated rings. The summed E-state index contributed by atoms with van der Waals surface area (Å²) in [6, 6.07) is 23.4. The van der Waals surface area contributed by atoms with Crippen LogP contribution in [0.4, 0.5) is 11.4 Å². The van der Waals surface area contributed by atoms with Gasteiger partial charge in [0.25, 0.3) is 5.91 Å². The van der Waals surface area contributed by atoms with Gasteiger partial charge in [0.15, 0.2) is 0 Å². The molecule has 0 atom stereocenters. The van der Waals surface area contributed by atoms with E-state index in [2.05, 4.69) is 69.6 Å². The third kappa shape index (κ3) is 7.21. The van der Waals surface area contributed by atoms with E-state index in [1.165, 1.54) is 5.56 Å². The Labute approximate surface area is 264 Å². The third-order valence-corrected chi connectivity index (χ3v) is 9.17. The molecule has 44 heavy (non-hydrogen) atoms. The number of nitrogens with one attached hydrogen (secondary N) is 1. The van der Waals surface area contributed by atoms with Gasteiger partial charge in [-0.3, -0.25) is 9.69 Å². The number of rotatable bonds is 10. The second kappa shape index (κ2) is 14.2. The van der Waals surface area contributed by atoms with Crippen molar-refractivity contribution in [2.24, 2.45) is 0 Å². The van der Waals surface area contributed by atoms with Crippen LogP contribution in [0.1, 0.15) is 42.3 Å². The number of hydrogen-bond acceptors (Lipinski definition) is 7. The van der Waals surface area contributed by atoms with Crippen molar-refractivity contribution in [3.63, 3.8) is 0 Å². The Kier molecular flexibility index (Phi) is 9.70. The molecule has 0 radical (unpaired) electrons. The molecule has 0 saturated carbocycles. The highest BCUT2D eigenvalue weighted by Crippen LogP contribution is 2.36. The number of thiazole rings is 1. The maximum absolute atomic E-state index is 13.7. The Balaban J connectivity index is 1.22. The molecule has 0 aliphatic carbocycles. The number of ether oxygens (including phenoxy) is 2. The fourth-order valence-electron chi connectivity index (χ4n) is 6.03. The second-order valence-electron chi connectivity index (χ2n) is 11.4. The molecule has 0 bridgehead atoms. The minimum absolute atomic E-state index is 0.0701. The van der Waals surface area contributed by atoms with Gasteiger partial charge in [0.2, 0.25) is 0 Å². The van der Waals surface area contributed by atoms with E-state index in [0.717, 1.165) is 83.5 Å². The van der Waals surface area contributed by atoms with Gasteiger partial charge in [-0.1, -0.05) is 36.4 Å². The van der Waals surface area contributed by atoms with Crippen molar-refractivity contribution in [3.05, 3.63) is 100 Å². The summed E-state index contributed by atoms with van der Waals surface area (Å²) in [5.41, 5.74) is 7.00. The van der Waals surface area contributed by atoms with Gasteiger partial charge in [-0.15, -0.1) is 11.3 Å². The van der Waals surface area contributed by atoms with Crippen molar-refractivity contribution in [2.75, 3.05) is 43.6 Å². The van der Waals surface area contributed by atoms with Gasteiger partial charge >= 0.3 is 0 Å². The average molecular weight is 609 g/mol. The lowest BCUT2D eigenvalue weighted by molar-refractivity contribution is -0.112. The zero-order chi connectivity index (χ0) is 30.3. The van der Waals surface area contributed by atoms with Crippen molar-refractivity contribution in [3.8, 4) is 16.9 Å². The summed E-state index contributed by atoms with van der Waals surface area (Å²) in [6.45, 7) is 6.57. The minimum atomic E-state index is -0.0701. The predicted octanol–water partition coefficient (Wildman–Crippen LogP) is 7.25. The Hall–Kier alpha value is -3.98. The molecular formula is C36H40N4O3S. The Morgan fingerprint density at radius 2 is 1.93 bits per heavy atom. The molecule has 228 valence electrons. The Morgan fingerprint density at radius 3 is 2.70 bits per heavy atom. The second-order valence-corrected chi connectivity index (χ2v) is 12.4. The molecule has 2 aliphatic rings. The quantitative estimate of drug-likeness (QED) is 0.205. The van der Waals surface area contributed by atoms with E-state index < -0.39 is 0 Å². The van der Waals surface area contributed by atoms with Gasteiger partial charge in [-0.25, -0.2) is 4.98 Å². The van der Waals surface area contributed by atoms with Gasteiger partial charge < -0.3 is 19.7 Å². The van der Waals surface area contributed by atoms with Crippen LogP contribution in [0.3, 0.4) is 0 Å². The number of para-hydroxylation sites is 1. The van der Waals surface area contributed by atoms with Crippen LogP contribution >= 0.6 is 11.3 Å². The average Bonchev–Trinajstić information content (AvgIpc) is 3.50. The van der Waals surface area contributed by atoms with Crippen LogP contribution in [-0.2, 0) is 22.6 Å². The molecule has 0 spiro atoms. The zero-order valence-electron chi connectivity index (χ0n) is 25.5. The number of benzene rings is 3. The number of aromatic nitrogens is 1. The summed E-state index contributed by atoms with van der Waals surface area (Å²) in [7, 11) is 2.18. The van der Waals surface area contributed by atoms with Crippen LogP contribution in [0.15, 0.2) is 83.9 Å². The van der Waals surface area contributed by atoms with Crippen molar-refractivity contribution in [2.45, 2.75) is 45.3 Å². The largest absolute Gasteiger partial charge is 0.493 e. The van der Waals surface area contributed by atoms with E-state index in [4.69, 9.17) is 9.47 Å². The topological polar surface area (TPSA) is 66.9 Å². The molecular weight excluding hydrogens is 568 g/mol. The SMILES string of the molecule is CCOc1ccccc1-c1ccc2c(c1)C=C(C(=O)Nc1ccc(CN(C)C3CCOCC3)cc1)CCN2Cc1nccs1. The number of fused-ring (bicyclic) bond motifs is 1. The van der Waals surface area contributed by atoms with Crippen molar-refractivity contribution >= 4 is 34.7 Å². The van der Waals surface area contributed by atoms with Gasteiger partial charge in [0, 0.05) is 66.4 Å². The molecule has 8 heteroatoms. The first kappa shape index (κ1) is 30.1. The van der Waals surface area contributed by atoms with Crippen LogP contribution in [0, 0.1) is 0 Å². The van der Waals surface area contributed by atoms with Crippen LogP contribution < -0.4 is 15.0 Å². The number of hydrogen-bond donors (Lipinski definition) is 1. The summed E-state index contributed by atoms with van der Waals surface area (Å²) in [5, 5.41) is 6.22. The van der Waals surface area contributed by atoms with Gasteiger partial charge in [0.1, 0.15) is 10.8 Å². The van der Waals surface area contributed by atoms with E-state index in [0.29, 0.717) is 25.6 Å². The number of anilines is 2. The van der Waals surface area contributed by atoms with Crippen LogP contribution in [-0.4, -0.2) is 55.2 Å². The van der Waals surface area contributed by atoms with E-state index in [1.807, 2.05) is 48.8 Å². The summed E-state index contributed by atoms with van der Waals surface area (Å²) >= 11 is 1.65. The minimum Gasteiger partial charge on any atom is -0.493 e. The lowest BCUT2D eigenvalue weighted by atomic mass is 9.99. The molecule has 3 aromatic carbocycles. The molecule has 1 amide bonds. The maximum atomic E-state index is 13.7. The van der Waals surface area contributed by atoms with Crippen LogP contribution in [0.25, 0.3) is 17.2 Å². The normalized spacial score (nSPS) is 15.4. The zero-order valence-corrected chi connectivity index (χ0v) is 26.3. The summed E-state index contributed by atoms with van der Waals surface area (Å²) < 4.78 is 11.5. The fraction of sp³-hybridized carbons (Fsp3) is 0.333. The van der Waals surface area contributed by atoms with E-state index in [-0.39, 0.29) is 5.91 Å². The van der Waals surface area contributed by atoms with Crippen LogP contribution in [0.5, 0.6) is 5.75 Å². The lowest BCUT2D eigenvalue weighted by Crippen LogP contribution is -2.36. The summed E-state index contributed by atoms with van der Waals surface area (Å²) in [6.07, 6.45) is 6.68. The van der Waals surface area contributed by atoms with Gasteiger partial charge in [0.05, 0.1) is 13.2 Å². The monoisotopic (exact) mass is 608 g/mol. The fourth-order valence-corrected chi connectivity index (χ4v) is 6.66. The highest BCUT2D eigenvalue weighted by molar-refractivity contribution is 7.09. The van der Waals surface area contributed by atoms with Crippen LogP contribution in [0.2, 0.25) is 0 Å². The highest BCUT2D eigenvalue weighted by Gasteiger charge is 2.22. The maximum Gasteiger partial charge on any atom is 0.251 e. The molecule has 0 unspecified atom stereocenters. The van der Waals surface area contributed by atoms with Gasteiger partial charge in [-0.05, 0) is 86.3 Å². The highest BCUT2D eigenvalue weighted by atomic mass is 32.1. The first-order valence-corrected chi connectivity index (χ1v) is 16.3. The third-order valence-electron chi connectivity index (χ3n) is 8.41. The Bertz CT molecular complexity index is 1580. The lowest BCUT2D eigenvalue weighted by Gasteiger charge is -2.31. The number of carbonyl (C=O) groups is 1. The van der Waals surface area contributed by atoms with E-state index in [1.54, 1.807) is 11.3 Å². The molecule has 2 aliphatic heterocycles. The van der Waals surface area contributed by atoms with E-state index >= 15 is 0 Å². The smallest absolute Gasteiger partial charge is 0.251 e. The first-order chi connectivity index (χ1) is 21.6. The molecule has 6 rings (SSSR count). The van der Waals surface area contributed by atoms with Crippen molar-refractivity contribution in [1.29, 1.82) is 0 Å². The Morgan fingerprint density at radius 1 is 1.11 bits per heavy atom. The first-order valence-electron chi connectivity index (χ1n) is 15.5. The molecule has 1 saturated heterocycles. The standard InChI is InChI=1S/C36H40N4O3S/c1-3-43-34-7-5-4-6-32(34)27-10-13-33-29(22-27)23-28(14-18-40(33)25-35-37-17-21-44-35)36(41)38-30-11-8-26(9-12-30)24-39(2)31-15-19-42-20-16-31/h4-13,17,21-23,31H,3,14-16,18-20,24-25H2,1-2H3,(H,38,41). The summed E-state index contributed by atoms with van der Waals surface area (Å²) in [4.78, 5) is 22.9. The molecule has 1 N–H and O–H groups in total. The van der Waals surface area contributed by atoms with Crippen molar-refractivity contribution in [1.82, 2.24) is 9.88 Å². The predicted molar refractivity (Wildman–Crippen MR) is 179 cm³/mol. The summed E-state index contributed by atoms with van der Waals surface area (Å²) in [5.74, 6) is 0.784. The number of nitrogens with zero attached hydrogens (tertiary/aromatic N) is 3. The molecule has 3 heterocycles. The number of carbonyl (C=O) groups excluding carboxylic acids is 1. The van der Waals surface area contributed by atoms with Gasteiger partial charge in [-0.2, -0.15) is 0 Å². The molecule has 7 nitrogen and oxygen atoms in total. The molecule has 4 aromatic rings. The number of amides is 1. The molecule has 1 aromatic heterocycles.